The third-order valence-electron chi connectivity index (χ3n) is 4.71. The molecule has 2 rings (SSSR count). The third-order valence-corrected chi connectivity index (χ3v) is 4.71. The molecule has 7 heteroatoms. The smallest absolute Gasteiger partial charge is 0.323 e. The second-order valence-electron chi connectivity index (χ2n) is 7.19. The Bertz CT molecular complexity index is 666. The molecule has 29 heavy (non-hydrogen) atoms. The van der Waals surface area contributed by atoms with E-state index in [1.807, 2.05) is 42.5 Å². The number of hydrogen-bond acceptors (Lipinski definition) is 6. The van der Waals surface area contributed by atoms with Gasteiger partial charge in [-0.15, -0.1) is 0 Å². The second kappa shape index (κ2) is 12.3. The summed E-state index contributed by atoms with van der Waals surface area (Å²) in [5.74, 6) is -0.641. The van der Waals surface area contributed by atoms with Gasteiger partial charge >= 0.3 is 11.9 Å². The van der Waals surface area contributed by atoms with Crippen LogP contribution in [0.25, 0.3) is 0 Å². The molecule has 2 atom stereocenters. The lowest BCUT2D eigenvalue weighted by Gasteiger charge is -2.17. The first kappa shape index (κ1) is 23.0. The highest BCUT2D eigenvalue weighted by atomic mass is 19.1. The molecule has 0 amide bonds. The number of carbonyl (C=O) groups is 2. The number of nitrogens with one attached hydrogen (secondary N) is 1. The van der Waals surface area contributed by atoms with E-state index in [-0.39, 0.29) is 32.1 Å². The molecule has 0 unspecified atom stereocenters. The minimum atomic E-state index is -1.58. The van der Waals surface area contributed by atoms with Gasteiger partial charge < -0.3 is 19.5 Å². The van der Waals surface area contributed by atoms with Crippen molar-refractivity contribution in [3.8, 4) is 0 Å². The van der Waals surface area contributed by atoms with Crippen molar-refractivity contribution in [2.24, 2.45) is 0 Å². The fraction of sp³-hybridized carbons (Fsp3) is 0.545. The first-order valence-electron chi connectivity index (χ1n) is 9.95. The second-order valence-corrected chi connectivity index (χ2v) is 7.19. The molecule has 0 bridgehead atoms. The summed E-state index contributed by atoms with van der Waals surface area (Å²) in [7, 11) is 1.38. The summed E-state index contributed by atoms with van der Waals surface area (Å²) >= 11 is 0. The van der Waals surface area contributed by atoms with Crippen LogP contribution in [0.3, 0.4) is 0 Å². The fourth-order valence-electron chi connectivity index (χ4n) is 3.05. The van der Waals surface area contributed by atoms with E-state index in [4.69, 9.17) is 9.47 Å². The Morgan fingerprint density at radius 3 is 2.79 bits per heavy atom. The van der Waals surface area contributed by atoms with Gasteiger partial charge in [0.1, 0.15) is 18.3 Å². The first-order chi connectivity index (χ1) is 14.0. The quantitative estimate of drug-likeness (QED) is 0.326. The summed E-state index contributed by atoms with van der Waals surface area (Å²) in [4.78, 5) is 23.1. The number of benzene rings is 1. The summed E-state index contributed by atoms with van der Waals surface area (Å²) < 4.78 is 30.1. The molecular weight excluding hydrogens is 377 g/mol. The number of hydrogen-bond donors (Lipinski definition) is 1. The molecule has 6 nitrogen and oxygen atoms in total. The summed E-state index contributed by atoms with van der Waals surface area (Å²) in [6.45, 7) is 0.481. The number of alkyl halides is 1. The predicted molar refractivity (Wildman–Crippen MR) is 107 cm³/mol. The normalized spacial score (nSPS) is 21.4. The number of unbranched alkanes of at least 4 members (excludes halogenated alkanes) is 2. The lowest BCUT2D eigenvalue weighted by atomic mass is 10.0. The molecule has 0 saturated carbocycles. The molecule has 0 radical (unpaired) electrons. The summed E-state index contributed by atoms with van der Waals surface area (Å²) in [6.07, 6.45) is 6.76. The number of methoxy groups -OCH3 is 1. The summed E-state index contributed by atoms with van der Waals surface area (Å²) in [5.41, 5.74) is -0.684. The molecule has 0 spiro atoms. The van der Waals surface area contributed by atoms with E-state index in [0.29, 0.717) is 13.0 Å². The van der Waals surface area contributed by atoms with Crippen molar-refractivity contribution < 1.29 is 28.2 Å². The van der Waals surface area contributed by atoms with E-state index in [9.17, 15) is 14.0 Å². The Morgan fingerprint density at radius 2 is 2.03 bits per heavy atom. The minimum Gasteiger partial charge on any atom is -0.469 e. The van der Waals surface area contributed by atoms with Crippen LogP contribution in [0, 0.1) is 0 Å². The highest BCUT2D eigenvalue weighted by Gasteiger charge is 2.43. The van der Waals surface area contributed by atoms with Crippen molar-refractivity contribution in [1.29, 1.82) is 0 Å². The van der Waals surface area contributed by atoms with Gasteiger partial charge in [-0.2, -0.15) is 0 Å². The maximum atomic E-state index is 14.8. The van der Waals surface area contributed by atoms with Crippen molar-refractivity contribution >= 4 is 11.9 Å². The minimum absolute atomic E-state index is 0.0395. The maximum absolute atomic E-state index is 14.8. The van der Waals surface area contributed by atoms with Crippen molar-refractivity contribution in [1.82, 2.24) is 5.32 Å². The lowest BCUT2D eigenvalue weighted by Crippen LogP contribution is -2.32. The predicted octanol–water partition coefficient (Wildman–Crippen LogP) is 3.11. The van der Waals surface area contributed by atoms with E-state index in [0.717, 1.165) is 24.8 Å². The topological polar surface area (TPSA) is 73.9 Å². The molecule has 1 fully saturated rings. The first-order valence-corrected chi connectivity index (χ1v) is 9.95. The van der Waals surface area contributed by atoms with Crippen LogP contribution in [0.5, 0.6) is 0 Å². The Labute approximate surface area is 171 Å². The standard InChI is InChI=1S/C22H30FNO5/c1-27-20(25)12-8-3-2-4-9-13-28-17-22(23)14-19(24-16-22)21(26)29-15-18-10-6-5-7-11-18/h4-7,9-11,19,24H,2-3,8,12-17H2,1H3/b9-4+/t19-,22+/m0/s1. The molecule has 1 heterocycles. The van der Waals surface area contributed by atoms with Gasteiger partial charge in [0.2, 0.25) is 0 Å². The van der Waals surface area contributed by atoms with Crippen molar-refractivity contribution in [3.63, 3.8) is 0 Å². The summed E-state index contributed by atoms with van der Waals surface area (Å²) in [5, 5.41) is 2.89. The highest BCUT2D eigenvalue weighted by Crippen LogP contribution is 2.25. The van der Waals surface area contributed by atoms with Crippen molar-refractivity contribution in [2.75, 3.05) is 26.9 Å². The van der Waals surface area contributed by atoms with Crippen LogP contribution < -0.4 is 5.32 Å². The van der Waals surface area contributed by atoms with E-state index >= 15 is 0 Å². The molecule has 0 aliphatic carbocycles. The lowest BCUT2D eigenvalue weighted by molar-refractivity contribution is -0.147. The zero-order valence-electron chi connectivity index (χ0n) is 16.9. The van der Waals surface area contributed by atoms with E-state index in [1.165, 1.54) is 7.11 Å². The van der Waals surface area contributed by atoms with Gasteiger partial charge in [-0.1, -0.05) is 42.5 Å². The van der Waals surface area contributed by atoms with Crippen LogP contribution in [-0.2, 0) is 30.4 Å². The Balaban J connectivity index is 1.57. The Hall–Kier alpha value is -2.25. The summed E-state index contributed by atoms with van der Waals surface area (Å²) in [6, 6.07) is 8.72. The fourth-order valence-corrected chi connectivity index (χ4v) is 3.05. The van der Waals surface area contributed by atoms with Gasteiger partial charge in [0.25, 0.3) is 0 Å². The number of esters is 2. The van der Waals surface area contributed by atoms with Crippen LogP contribution in [0.15, 0.2) is 42.5 Å². The van der Waals surface area contributed by atoms with Crippen LogP contribution in [-0.4, -0.2) is 50.5 Å². The molecule has 1 aliphatic rings. The zero-order valence-corrected chi connectivity index (χ0v) is 16.9. The third kappa shape index (κ3) is 8.75. The Kier molecular flexibility index (Phi) is 9.80. The van der Waals surface area contributed by atoms with Gasteiger partial charge in [0.15, 0.2) is 0 Å². The number of allylic oxidation sites excluding steroid dienone is 1. The Morgan fingerprint density at radius 1 is 1.24 bits per heavy atom. The van der Waals surface area contributed by atoms with Gasteiger partial charge in [-0.05, 0) is 24.8 Å². The van der Waals surface area contributed by atoms with Crippen LogP contribution in [0.2, 0.25) is 0 Å². The average molecular weight is 407 g/mol. The number of halogens is 1. The van der Waals surface area contributed by atoms with Crippen LogP contribution in [0.1, 0.15) is 37.7 Å². The van der Waals surface area contributed by atoms with E-state index < -0.39 is 17.7 Å². The van der Waals surface area contributed by atoms with Gasteiger partial charge in [-0.3, -0.25) is 9.59 Å². The molecule has 1 aromatic rings. The molecule has 1 saturated heterocycles. The van der Waals surface area contributed by atoms with Crippen molar-refractivity contribution in [3.05, 3.63) is 48.0 Å². The molecule has 160 valence electrons. The van der Waals surface area contributed by atoms with Gasteiger partial charge in [-0.25, -0.2) is 4.39 Å². The van der Waals surface area contributed by atoms with E-state index in [1.54, 1.807) is 0 Å². The number of rotatable bonds is 12. The maximum Gasteiger partial charge on any atom is 0.323 e. The van der Waals surface area contributed by atoms with Crippen LogP contribution in [0.4, 0.5) is 4.39 Å². The molecule has 1 N–H and O–H groups in total. The molecule has 1 aliphatic heterocycles. The molecule has 1 aromatic carbocycles. The van der Waals surface area contributed by atoms with Crippen molar-refractivity contribution in [2.45, 2.75) is 50.4 Å². The SMILES string of the molecule is COC(=O)CCCC/C=C/COC[C@]1(F)CN[C@H](C(=O)OCc2ccccc2)C1. The van der Waals surface area contributed by atoms with Gasteiger partial charge in [0, 0.05) is 19.4 Å². The number of carbonyl (C=O) groups excluding carboxylic acids is 2. The highest BCUT2D eigenvalue weighted by molar-refractivity contribution is 5.76. The van der Waals surface area contributed by atoms with Crippen LogP contribution >= 0.6 is 0 Å². The monoisotopic (exact) mass is 407 g/mol. The largest absolute Gasteiger partial charge is 0.469 e. The molecular formula is C22H30FNO5. The van der Waals surface area contributed by atoms with E-state index in [2.05, 4.69) is 10.1 Å². The number of ether oxygens (including phenoxy) is 3. The van der Waals surface area contributed by atoms with Gasteiger partial charge in [0.05, 0.1) is 20.3 Å². The average Bonchev–Trinajstić information content (AvgIpc) is 3.13. The zero-order chi connectivity index (χ0) is 21.0. The molecule has 0 aromatic heterocycles.